The number of hydrogen-bond acceptors (Lipinski definition) is 5. The van der Waals surface area contributed by atoms with E-state index in [1.54, 1.807) is 19.5 Å². The first-order chi connectivity index (χ1) is 13.0. The van der Waals surface area contributed by atoms with Crippen LogP contribution in [0, 0.1) is 20.8 Å². The van der Waals surface area contributed by atoms with Gasteiger partial charge >= 0.3 is 0 Å². The van der Waals surface area contributed by atoms with Gasteiger partial charge in [0.25, 0.3) is 0 Å². The molecule has 2 aromatic carbocycles. The van der Waals surface area contributed by atoms with Gasteiger partial charge in [0.15, 0.2) is 11.5 Å². The topological polar surface area (TPSA) is 74.7 Å². The first-order valence-corrected chi connectivity index (χ1v) is 8.69. The Morgan fingerprint density at radius 1 is 1.15 bits per heavy atom. The van der Waals surface area contributed by atoms with Gasteiger partial charge in [0.05, 0.1) is 25.2 Å². The number of anilines is 1. The molecular formula is C21H24N4O2. The van der Waals surface area contributed by atoms with Crippen molar-refractivity contribution in [2.45, 2.75) is 27.4 Å². The van der Waals surface area contributed by atoms with Gasteiger partial charge in [-0.05, 0) is 61.2 Å². The summed E-state index contributed by atoms with van der Waals surface area (Å²) in [5.74, 6) is 1.69. The molecule has 0 aliphatic heterocycles. The first kappa shape index (κ1) is 18.5. The Bertz CT molecular complexity index is 976. The number of methoxy groups -OCH3 is 1. The van der Waals surface area contributed by atoms with Crippen molar-refractivity contribution in [1.29, 1.82) is 0 Å². The summed E-state index contributed by atoms with van der Waals surface area (Å²) in [5, 5.41) is 4.32. The van der Waals surface area contributed by atoms with Crippen LogP contribution in [0.25, 0.3) is 0 Å². The van der Waals surface area contributed by atoms with E-state index in [-0.39, 0.29) is 0 Å². The number of benzene rings is 2. The number of nitrogens with two attached hydrogens (primary N) is 1. The lowest BCUT2D eigenvalue weighted by Gasteiger charge is -2.13. The lowest BCUT2D eigenvalue weighted by atomic mass is 10.0. The number of nitrogen functional groups attached to an aromatic ring is 1. The smallest absolute Gasteiger partial charge is 0.221 e. The number of nitrogens with zero attached hydrogens (tertiary/aromatic N) is 3. The minimum absolute atomic E-state index is 0.351. The molecule has 0 atom stereocenters. The normalized spacial score (nSPS) is 11.1. The molecule has 27 heavy (non-hydrogen) atoms. The highest BCUT2D eigenvalue weighted by Crippen LogP contribution is 2.29. The third kappa shape index (κ3) is 4.28. The van der Waals surface area contributed by atoms with Gasteiger partial charge in [0.2, 0.25) is 5.95 Å². The van der Waals surface area contributed by atoms with Crippen LogP contribution in [-0.2, 0) is 6.61 Å². The molecule has 6 heteroatoms. The summed E-state index contributed by atoms with van der Waals surface area (Å²) in [6.45, 7) is 6.56. The highest BCUT2D eigenvalue weighted by atomic mass is 16.5. The van der Waals surface area contributed by atoms with Crippen LogP contribution in [0.15, 0.2) is 47.7 Å². The Hall–Kier alpha value is -3.28. The molecule has 0 saturated carbocycles. The zero-order valence-corrected chi connectivity index (χ0v) is 16.1. The largest absolute Gasteiger partial charge is 0.493 e. The molecule has 0 bridgehead atoms. The van der Waals surface area contributed by atoms with Crippen molar-refractivity contribution in [3.63, 3.8) is 0 Å². The molecule has 0 aliphatic rings. The molecule has 0 amide bonds. The van der Waals surface area contributed by atoms with E-state index in [0.717, 1.165) is 16.8 Å². The SMILES string of the molecule is COc1cc(C=Nn2cc(C)nc2N)ccc1OCc1cccc(C)c1C. The van der Waals surface area contributed by atoms with Gasteiger partial charge in [-0.25, -0.2) is 9.66 Å². The summed E-state index contributed by atoms with van der Waals surface area (Å²) >= 11 is 0. The van der Waals surface area contributed by atoms with Crippen molar-refractivity contribution in [3.05, 3.63) is 70.5 Å². The van der Waals surface area contributed by atoms with Crippen LogP contribution in [0.4, 0.5) is 5.95 Å². The number of ether oxygens (including phenoxy) is 2. The van der Waals surface area contributed by atoms with Gasteiger partial charge in [0.1, 0.15) is 6.61 Å². The summed E-state index contributed by atoms with van der Waals surface area (Å²) in [7, 11) is 1.62. The van der Waals surface area contributed by atoms with Crippen LogP contribution in [-0.4, -0.2) is 23.0 Å². The van der Waals surface area contributed by atoms with E-state index < -0.39 is 0 Å². The standard InChI is InChI=1S/C21H24N4O2/c1-14-6-5-7-18(16(14)3)13-27-19-9-8-17(10-20(19)26-4)11-23-25-12-15(2)24-21(25)22/h5-12H,13H2,1-4H3,(H2,22,24). The molecule has 0 aliphatic carbocycles. The van der Waals surface area contributed by atoms with Crippen LogP contribution >= 0.6 is 0 Å². The van der Waals surface area contributed by atoms with Crippen LogP contribution in [0.2, 0.25) is 0 Å². The van der Waals surface area contributed by atoms with Gasteiger partial charge in [-0.3, -0.25) is 0 Å². The third-order valence-corrected chi connectivity index (χ3v) is 4.45. The Morgan fingerprint density at radius 3 is 2.67 bits per heavy atom. The van der Waals surface area contributed by atoms with E-state index in [0.29, 0.717) is 24.1 Å². The lowest BCUT2D eigenvalue weighted by molar-refractivity contribution is 0.284. The second-order valence-corrected chi connectivity index (χ2v) is 6.39. The molecule has 2 N–H and O–H groups in total. The second kappa shape index (κ2) is 7.95. The predicted octanol–water partition coefficient (Wildman–Crippen LogP) is 3.86. The quantitative estimate of drug-likeness (QED) is 0.674. The highest BCUT2D eigenvalue weighted by Gasteiger charge is 2.08. The molecule has 0 saturated heterocycles. The van der Waals surface area contributed by atoms with E-state index >= 15 is 0 Å². The minimum atomic E-state index is 0.351. The van der Waals surface area contributed by atoms with E-state index in [2.05, 4.69) is 36.1 Å². The molecular weight excluding hydrogens is 340 g/mol. The van der Waals surface area contributed by atoms with Crippen LogP contribution in [0.3, 0.4) is 0 Å². The van der Waals surface area contributed by atoms with Gasteiger partial charge in [0, 0.05) is 0 Å². The second-order valence-electron chi connectivity index (χ2n) is 6.39. The molecule has 1 aromatic heterocycles. The molecule has 0 radical (unpaired) electrons. The molecule has 0 spiro atoms. The fourth-order valence-corrected chi connectivity index (χ4v) is 2.73. The fraction of sp³-hybridized carbons (Fsp3) is 0.238. The Balaban J connectivity index is 1.76. The number of hydrogen-bond donors (Lipinski definition) is 1. The summed E-state index contributed by atoms with van der Waals surface area (Å²) in [6, 6.07) is 11.9. The summed E-state index contributed by atoms with van der Waals surface area (Å²) in [4.78, 5) is 4.12. The predicted molar refractivity (Wildman–Crippen MR) is 108 cm³/mol. The Labute approximate surface area is 159 Å². The molecule has 0 fully saturated rings. The Kier molecular flexibility index (Phi) is 5.45. The molecule has 6 nitrogen and oxygen atoms in total. The van der Waals surface area contributed by atoms with Crippen molar-refractivity contribution in [1.82, 2.24) is 9.66 Å². The number of aryl methyl sites for hydroxylation is 2. The third-order valence-electron chi connectivity index (χ3n) is 4.45. The maximum absolute atomic E-state index is 5.99. The van der Waals surface area contributed by atoms with Gasteiger partial charge in [-0.15, -0.1) is 0 Å². The minimum Gasteiger partial charge on any atom is -0.493 e. The first-order valence-electron chi connectivity index (χ1n) is 8.69. The molecule has 1 heterocycles. The van der Waals surface area contributed by atoms with Crippen molar-refractivity contribution in [2.24, 2.45) is 5.10 Å². The highest BCUT2D eigenvalue weighted by molar-refractivity contribution is 5.81. The molecule has 3 aromatic rings. The molecule has 0 unspecified atom stereocenters. The van der Waals surface area contributed by atoms with Gasteiger partial charge < -0.3 is 15.2 Å². The van der Waals surface area contributed by atoms with Crippen LogP contribution in [0.5, 0.6) is 11.5 Å². The average molecular weight is 364 g/mol. The van der Waals surface area contributed by atoms with E-state index in [1.807, 2.05) is 31.2 Å². The maximum atomic E-state index is 5.99. The zero-order valence-electron chi connectivity index (χ0n) is 16.1. The van der Waals surface area contributed by atoms with E-state index in [1.165, 1.54) is 15.8 Å². The average Bonchev–Trinajstić information content (AvgIpc) is 2.98. The molecule has 140 valence electrons. The molecule has 3 rings (SSSR count). The number of aromatic nitrogens is 2. The van der Waals surface area contributed by atoms with Crippen molar-refractivity contribution in [3.8, 4) is 11.5 Å². The summed E-state index contributed by atoms with van der Waals surface area (Å²) < 4.78 is 13.0. The van der Waals surface area contributed by atoms with Gasteiger partial charge in [-0.2, -0.15) is 5.10 Å². The van der Waals surface area contributed by atoms with E-state index in [4.69, 9.17) is 15.2 Å². The van der Waals surface area contributed by atoms with E-state index in [9.17, 15) is 0 Å². The van der Waals surface area contributed by atoms with Crippen LogP contribution in [0.1, 0.15) is 27.9 Å². The number of imidazole rings is 1. The fourth-order valence-electron chi connectivity index (χ4n) is 2.73. The maximum Gasteiger partial charge on any atom is 0.221 e. The monoisotopic (exact) mass is 364 g/mol. The summed E-state index contributed by atoms with van der Waals surface area (Å²) in [5.41, 5.74) is 11.1. The summed E-state index contributed by atoms with van der Waals surface area (Å²) in [6.07, 6.45) is 3.47. The number of rotatable bonds is 6. The van der Waals surface area contributed by atoms with Crippen molar-refractivity contribution >= 4 is 12.2 Å². The zero-order chi connectivity index (χ0) is 19.4. The van der Waals surface area contributed by atoms with Gasteiger partial charge in [-0.1, -0.05) is 18.2 Å². The van der Waals surface area contributed by atoms with Crippen LogP contribution < -0.4 is 15.2 Å². The Morgan fingerprint density at radius 2 is 1.96 bits per heavy atom. The van der Waals surface area contributed by atoms with Crippen molar-refractivity contribution < 1.29 is 9.47 Å². The van der Waals surface area contributed by atoms with Crippen molar-refractivity contribution in [2.75, 3.05) is 12.8 Å². The lowest BCUT2D eigenvalue weighted by Crippen LogP contribution is -2.01.